The first-order valence-corrected chi connectivity index (χ1v) is 6.74. The maximum Gasteiger partial charge on any atom is 0.127 e. The summed E-state index contributed by atoms with van der Waals surface area (Å²) in [5, 5.41) is 3.69. The largest absolute Gasteiger partial charge is 0.467 e. The monoisotopic (exact) mass is 281 g/mol. The van der Waals surface area contributed by atoms with Crippen LogP contribution in [0.25, 0.3) is 11.1 Å². The average Bonchev–Trinajstić information content (AvgIpc) is 2.82. The molecule has 0 fully saturated rings. The van der Waals surface area contributed by atoms with Crippen LogP contribution in [0.3, 0.4) is 0 Å². The van der Waals surface area contributed by atoms with Crippen molar-refractivity contribution >= 4 is 11.6 Å². The van der Waals surface area contributed by atoms with Gasteiger partial charge in [0, 0.05) is 11.1 Å². The second-order valence-corrected chi connectivity index (χ2v) is 4.92. The van der Waals surface area contributed by atoms with Crippen LogP contribution in [-0.2, 0) is 6.54 Å². The molecule has 19 heavy (non-hydrogen) atoms. The number of rotatable bonds is 5. The molecule has 4 heteroatoms. The predicted molar refractivity (Wildman–Crippen MR) is 75.8 cm³/mol. The highest BCUT2D eigenvalue weighted by Gasteiger charge is 2.13. The van der Waals surface area contributed by atoms with Crippen LogP contribution in [0, 0.1) is 12.7 Å². The average molecular weight is 282 g/mol. The lowest BCUT2D eigenvalue weighted by molar-refractivity contribution is 0.484. The van der Waals surface area contributed by atoms with Crippen LogP contribution >= 0.6 is 11.6 Å². The fourth-order valence-corrected chi connectivity index (χ4v) is 2.21. The molecule has 102 valence electrons. The SMILES string of the molecule is CCCNCc1occc1-c1cc(C)c(F)cc1Cl. The van der Waals surface area contributed by atoms with Gasteiger partial charge in [-0.1, -0.05) is 18.5 Å². The first kappa shape index (κ1) is 14.1. The molecule has 0 saturated heterocycles. The molecule has 1 heterocycles. The van der Waals surface area contributed by atoms with E-state index in [0.717, 1.165) is 29.9 Å². The molecular weight excluding hydrogens is 265 g/mol. The number of hydrogen-bond acceptors (Lipinski definition) is 2. The normalized spacial score (nSPS) is 10.9. The highest BCUT2D eigenvalue weighted by atomic mass is 35.5. The van der Waals surface area contributed by atoms with Crippen molar-refractivity contribution in [3.05, 3.63) is 46.6 Å². The molecular formula is C15H17ClFNO. The van der Waals surface area contributed by atoms with Crippen molar-refractivity contribution in [2.75, 3.05) is 6.54 Å². The van der Waals surface area contributed by atoms with Gasteiger partial charge in [0.1, 0.15) is 11.6 Å². The maximum absolute atomic E-state index is 13.4. The van der Waals surface area contributed by atoms with Crippen molar-refractivity contribution < 1.29 is 8.81 Å². The molecule has 0 spiro atoms. The van der Waals surface area contributed by atoms with Gasteiger partial charge in [-0.2, -0.15) is 0 Å². The third kappa shape index (κ3) is 3.17. The summed E-state index contributed by atoms with van der Waals surface area (Å²) in [7, 11) is 0. The van der Waals surface area contributed by atoms with Gasteiger partial charge >= 0.3 is 0 Å². The van der Waals surface area contributed by atoms with Crippen LogP contribution in [0.4, 0.5) is 4.39 Å². The van der Waals surface area contributed by atoms with Crippen molar-refractivity contribution in [3.8, 4) is 11.1 Å². The molecule has 0 radical (unpaired) electrons. The van der Waals surface area contributed by atoms with E-state index in [1.165, 1.54) is 6.07 Å². The Morgan fingerprint density at radius 1 is 1.32 bits per heavy atom. The Hall–Kier alpha value is -1.32. The number of benzene rings is 1. The molecule has 0 atom stereocenters. The number of halogens is 2. The molecule has 0 unspecified atom stereocenters. The number of aryl methyl sites for hydroxylation is 1. The smallest absolute Gasteiger partial charge is 0.127 e. The van der Waals surface area contributed by atoms with E-state index in [2.05, 4.69) is 12.2 Å². The van der Waals surface area contributed by atoms with Gasteiger partial charge in [0.15, 0.2) is 0 Å². The third-order valence-electron chi connectivity index (χ3n) is 3.00. The van der Waals surface area contributed by atoms with E-state index in [4.69, 9.17) is 16.0 Å². The minimum Gasteiger partial charge on any atom is -0.467 e. The summed E-state index contributed by atoms with van der Waals surface area (Å²) in [4.78, 5) is 0. The summed E-state index contributed by atoms with van der Waals surface area (Å²) >= 11 is 6.12. The van der Waals surface area contributed by atoms with E-state index in [-0.39, 0.29) is 5.82 Å². The van der Waals surface area contributed by atoms with Crippen molar-refractivity contribution in [1.29, 1.82) is 0 Å². The molecule has 1 aromatic carbocycles. The highest BCUT2D eigenvalue weighted by Crippen LogP contribution is 2.33. The molecule has 0 amide bonds. The molecule has 2 aromatic rings. The highest BCUT2D eigenvalue weighted by molar-refractivity contribution is 6.33. The number of furan rings is 1. The zero-order valence-electron chi connectivity index (χ0n) is 11.1. The molecule has 2 nitrogen and oxygen atoms in total. The van der Waals surface area contributed by atoms with E-state index >= 15 is 0 Å². The summed E-state index contributed by atoms with van der Waals surface area (Å²) in [5.41, 5.74) is 2.30. The zero-order chi connectivity index (χ0) is 13.8. The summed E-state index contributed by atoms with van der Waals surface area (Å²) in [6.45, 7) is 5.40. The van der Waals surface area contributed by atoms with Gasteiger partial charge in [0.05, 0.1) is 17.8 Å². The van der Waals surface area contributed by atoms with Crippen molar-refractivity contribution in [2.45, 2.75) is 26.8 Å². The van der Waals surface area contributed by atoms with E-state index in [1.54, 1.807) is 19.3 Å². The molecule has 0 aliphatic heterocycles. The topological polar surface area (TPSA) is 25.2 Å². The molecule has 0 aliphatic rings. The van der Waals surface area contributed by atoms with Gasteiger partial charge in [-0.05, 0) is 43.7 Å². The summed E-state index contributed by atoms with van der Waals surface area (Å²) in [6.07, 6.45) is 2.69. The zero-order valence-corrected chi connectivity index (χ0v) is 11.9. The Balaban J connectivity index is 2.32. The minimum absolute atomic E-state index is 0.289. The van der Waals surface area contributed by atoms with Crippen LogP contribution in [0.1, 0.15) is 24.7 Å². The van der Waals surface area contributed by atoms with Gasteiger partial charge in [0.2, 0.25) is 0 Å². The first-order valence-electron chi connectivity index (χ1n) is 6.36. The van der Waals surface area contributed by atoms with Gasteiger partial charge in [-0.15, -0.1) is 0 Å². The summed E-state index contributed by atoms with van der Waals surface area (Å²) in [6, 6.07) is 4.97. The van der Waals surface area contributed by atoms with Gasteiger partial charge in [-0.25, -0.2) is 4.39 Å². The van der Waals surface area contributed by atoms with Gasteiger partial charge in [0.25, 0.3) is 0 Å². The van der Waals surface area contributed by atoms with Crippen LogP contribution in [-0.4, -0.2) is 6.54 Å². The standard InChI is InChI=1S/C15H17ClFNO/c1-3-5-18-9-15-11(4-6-19-15)12-7-10(2)14(17)8-13(12)16/h4,6-8,18H,3,5,9H2,1-2H3. The van der Waals surface area contributed by atoms with E-state index in [1.807, 2.05) is 6.07 Å². The fraction of sp³-hybridized carbons (Fsp3) is 0.333. The van der Waals surface area contributed by atoms with E-state index in [0.29, 0.717) is 17.1 Å². The predicted octanol–water partition coefficient (Wildman–Crippen LogP) is 4.55. The second-order valence-electron chi connectivity index (χ2n) is 4.52. The van der Waals surface area contributed by atoms with E-state index in [9.17, 15) is 4.39 Å². The number of hydrogen-bond donors (Lipinski definition) is 1. The molecule has 0 bridgehead atoms. The lowest BCUT2D eigenvalue weighted by atomic mass is 10.0. The van der Waals surface area contributed by atoms with Crippen LogP contribution in [0.15, 0.2) is 28.9 Å². The Kier molecular flexibility index (Phi) is 4.61. The first-order chi connectivity index (χ1) is 9.13. The fourth-order valence-electron chi connectivity index (χ4n) is 1.96. The molecule has 0 aliphatic carbocycles. The van der Waals surface area contributed by atoms with Crippen LogP contribution < -0.4 is 5.32 Å². The van der Waals surface area contributed by atoms with E-state index < -0.39 is 0 Å². The molecule has 0 saturated carbocycles. The van der Waals surface area contributed by atoms with Crippen molar-refractivity contribution in [1.82, 2.24) is 5.32 Å². The lowest BCUT2D eigenvalue weighted by Gasteiger charge is -2.08. The van der Waals surface area contributed by atoms with Gasteiger partial charge < -0.3 is 9.73 Å². The lowest BCUT2D eigenvalue weighted by Crippen LogP contribution is -2.13. The summed E-state index contributed by atoms with van der Waals surface area (Å²) in [5.74, 6) is 0.532. The number of nitrogens with one attached hydrogen (secondary N) is 1. The third-order valence-corrected chi connectivity index (χ3v) is 3.31. The van der Waals surface area contributed by atoms with Crippen LogP contribution in [0.5, 0.6) is 0 Å². The molecule has 1 aromatic heterocycles. The van der Waals surface area contributed by atoms with Crippen LogP contribution in [0.2, 0.25) is 5.02 Å². The molecule has 1 N–H and O–H groups in total. The Labute approximate surface area is 117 Å². The maximum atomic E-state index is 13.4. The quantitative estimate of drug-likeness (QED) is 0.814. The Bertz CT molecular complexity index is 565. The summed E-state index contributed by atoms with van der Waals surface area (Å²) < 4.78 is 18.9. The van der Waals surface area contributed by atoms with Crippen molar-refractivity contribution in [2.24, 2.45) is 0 Å². The Morgan fingerprint density at radius 2 is 2.11 bits per heavy atom. The Morgan fingerprint density at radius 3 is 2.84 bits per heavy atom. The second kappa shape index (κ2) is 6.22. The van der Waals surface area contributed by atoms with Crippen molar-refractivity contribution in [3.63, 3.8) is 0 Å². The minimum atomic E-state index is -0.289. The van der Waals surface area contributed by atoms with Gasteiger partial charge in [-0.3, -0.25) is 0 Å². The molecule has 2 rings (SSSR count).